The molecule has 0 N–H and O–H groups in total. The normalized spacial score (nSPS) is 12.8. The van der Waals surface area contributed by atoms with Crippen LogP contribution in [0.15, 0.2) is 5.38 Å². The molecule has 0 bridgehead atoms. The molecule has 0 unspecified atom stereocenters. The molecule has 1 aromatic rings. The van der Waals surface area contributed by atoms with E-state index in [0.29, 0.717) is 0 Å². The average Bonchev–Trinajstić information content (AvgIpc) is 2.76. The fraction of sp³-hybridized carbons (Fsp3) is 0.810. The van der Waals surface area contributed by atoms with E-state index in [9.17, 15) is 0 Å². The molecular formula is C21H40P2S. The van der Waals surface area contributed by atoms with E-state index in [1.807, 2.05) is 16.6 Å². The topological polar surface area (TPSA) is 0 Å². The van der Waals surface area contributed by atoms with Crippen LogP contribution < -0.4 is 10.6 Å². The van der Waals surface area contributed by atoms with Gasteiger partial charge in [0, 0.05) is 4.88 Å². The highest BCUT2D eigenvalue weighted by Gasteiger charge is 2.26. The van der Waals surface area contributed by atoms with Crippen molar-refractivity contribution in [3.05, 3.63) is 10.3 Å². The molecule has 24 heavy (non-hydrogen) atoms. The maximum atomic E-state index is 2.55. The Morgan fingerprint density at radius 2 is 1.08 bits per heavy atom. The van der Waals surface area contributed by atoms with Gasteiger partial charge in [-0.1, -0.05) is 71.2 Å². The molecule has 0 saturated carbocycles. The molecule has 140 valence electrons. The van der Waals surface area contributed by atoms with Crippen LogP contribution in [0.5, 0.6) is 0 Å². The predicted molar refractivity (Wildman–Crippen MR) is 121 cm³/mol. The smallest absolute Gasteiger partial charge is 0.00976 e. The summed E-state index contributed by atoms with van der Waals surface area (Å²) in [5.41, 5.74) is 0. The fourth-order valence-corrected chi connectivity index (χ4v) is 12.2. The van der Waals surface area contributed by atoms with Gasteiger partial charge in [-0.25, -0.2) is 0 Å². The summed E-state index contributed by atoms with van der Waals surface area (Å²) in [7, 11) is 0.0145. The number of thiophene rings is 1. The molecule has 0 amide bonds. The molecule has 3 heteroatoms. The zero-order chi connectivity index (χ0) is 18.4. The maximum absolute atomic E-state index is 2.55. The third-order valence-corrected chi connectivity index (χ3v) is 12.3. The van der Waals surface area contributed by atoms with Gasteiger partial charge >= 0.3 is 0 Å². The van der Waals surface area contributed by atoms with E-state index in [4.69, 9.17) is 0 Å². The van der Waals surface area contributed by atoms with Gasteiger partial charge in [0.25, 0.3) is 0 Å². The van der Waals surface area contributed by atoms with Crippen molar-refractivity contribution >= 4 is 37.8 Å². The summed E-state index contributed by atoms with van der Waals surface area (Å²) >= 11 is 2.03. The summed E-state index contributed by atoms with van der Waals surface area (Å²) in [6.07, 6.45) is 5.63. The molecule has 0 aliphatic carbocycles. The molecular weight excluding hydrogens is 346 g/mol. The van der Waals surface area contributed by atoms with E-state index in [-0.39, 0.29) is 15.8 Å². The Kier molecular flexibility index (Phi) is 10.0. The van der Waals surface area contributed by atoms with Crippen LogP contribution in [0, 0.1) is 30.6 Å². The van der Waals surface area contributed by atoms with Crippen molar-refractivity contribution in [2.75, 3.05) is 24.6 Å². The molecule has 0 fully saturated rings. The monoisotopic (exact) mass is 386 g/mol. The Hall–Kier alpha value is 0.560. The van der Waals surface area contributed by atoms with Gasteiger partial charge in [0.2, 0.25) is 0 Å². The third kappa shape index (κ3) is 7.43. The van der Waals surface area contributed by atoms with E-state index >= 15 is 0 Å². The van der Waals surface area contributed by atoms with Crippen molar-refractivity contribution in [3.8, 4) is 0 Å². The van der Waals surface area contributed by atoms with Crippen LogP contribution in [0.2, 0.25) is 0 Å². The van der Waals surface area contributed by atoms with Gasteiger partial charge in [-0.2, -0.15) is 0 Å². The first kappa shape index (κ1) is 22.6. The van der Waals surface area contributed by atoms with Crippen LogP contribution in [0.4, 0.5) is 0 Å². The highest BCUT2D eigenvalue weighted by molar-refractivity contribution is 7.72. The van der Waals surface area contributed by atoms with Gasteiger partial charge in [-0.3, -0.25) is 0 Å². The van der Waals surface area contributed by atoms with E-state index < -0.39 is 0 Å². The molecule has 0 aromatic carbocycles. The molecule has 0 aliphatic rings. The van der Waals surface area contributed by atoms with Crippen molar-refractivity contribution in [2.24, 2.45) is 23.7 Å². The van der Waals surface area contributed by atoms with E-state index in [1.165, 1.54) is 24.6 Å². The standard InChI is InChI=1S/C21H40P2S/c1-15(2)10-22(11-16(3)4)20-14-24-19(9)21(20)23(12-17(5)6)13-18(7)8/h14-18H,10-13H2,1-9H3. The van der Waals surface area contributed by atoms with Crippen LogP contribution in [0.25, 0.3) is 0 Å². The molecule has 0 aliphatic heterocycles. The first-order valence-corrected chi connectivity index (χ1v) is 14.0. The minimum absolute atomic E-state index is 0.00492. The highest BCUT2D eigenvalue weighted by Crippen LogP contribution is 2.46. The van der Waals surface area contributed by atoms with Gasteiger partial charge in [0.1, 0.15) is 0 Å². The summed E-state index contributed by atoms with van der Waals surface area (Å²) in [5.74, 6) is 3.24. The number of rotatable bonds is 10. The molecule has 0 radical (unpaired) electrons. The van der Waals surface area contributed by atoms with Crippen molar-refractivity contribution in [1.29, 1.82) is 0 Å². The van der Waals surface area contributed by atoms with Gasteiger partial charge in [-0.15, -0.1) is 11.3 Å². The quantitative estimate of drug-likeness (QED) is 0.384. The second-order valence-corrected chi connectivity index (χ2v) is 14.5. The second kappa shape index (κ2) is 10.6. The van der Waals surface area contributed by atoms with Crippen molar-refractivity contribution in [1.82, 2.24) is 0 Å². The number of aryl methyl sites for hydroxylation is 1. The Morgan fingerprint density at radius 3 is 1.46 bits per heavy atom. The molecule has 0 saturated heterocycles. The van der Waals surface area contributed by atoms with E-state index in [1.54, 1.807) is 10.2 Å². The van der Waals surface area contributed by atoms with Crippen LogP contribution in [0.3, 0.4) is 0 Å². The second-order valence-electron chi connectivity index (χ2n) is 8.91. The third-order valence-electron chi connectivity index (χ3n) is 3.92. The Balaban J connectivity index is 3.22. The lowest BCUT2D eigenvalue weighted by Gasteiger charge is -2.28. The molecule has 0 nitrogen and oxygen atoms in total. The Morgan fingerprint density at radius 1 is 0.708 bits per heavy atom. The van der Waals surface area contributed by atoms with Gasteiger partial charge in [-0.05, 0) is 71.2 Å². The Bertz CT molecular complexity index is 454. The summed E-state index contributed by atoms with van der Waals surface area (Å²) in [4.78, 5) is 1.62. The molecule has 0 spiro atoms. The van der Waals surface area contributed by atoms with Crippen molar-refractivity contribution < 1.29 is 0 Å². The summed E-state index contributed by atoms with van der Waals surface area (Å²) in [5, 5.41) is 6.17. The van der Waals surface area contributed by atoms with Crippen molar-refractivity contribution in [2.45, 2.75) is 62.3 Å². The predicted octanol–water partition coefficient (Wildman–Crippen LogP) is 6.89. The first-order valence-electron chi connectivity index (χ1n) is 9.69. The summed E-state index contributed by atoms with van der Waals surface area (Å²) in [6.45, 7) is 21.6. The van der Waals surface area contributed by atoms with E-state index in [0.717, 1.165) is 23.7 Å². The molecule has 1 rings (SSSR count). The van der Waals surface area contributed by atoms with Crippen LogP contribution in [-0.2, 0) is 0 Å². The van der Waals surface area contributed by atoms with Gasteiger partial charge in [0.15, 0.2) is 0 Å². The minimum atomic E-state index is 0.00492. The number of hydrogen-bond donors (Lipinski definition) is 0. The lowest BCUT2D eigenvalue weighted by molar-refractivity contribution is 0.720. The lowest BCUT2D eigenvalue weighted by atomic mass is 10.3. The SMILES string of the molecule is Cc1scc(P(CC(C)C)CC(C)C)c1P(CC(C)C)CC(C)C. The van der Waals surface area contributed by atoms with Crippen LogP contribution in [0.1, 0.15) is 60.3 Å². The molecule has 0 atom stereocenters. The summed E-state index contributed by atoms with van der Waals surface area (Å²) in [6, 6.07) is 0. The van der Waals surface area contributed by atoms with Crippen LogP contribution >= 0.6 is 27.2 Å². The van der Waals surface area contributed by atoms with E-state index in [2.05, 4.69) is 67.7 Å². The molecule has 1 aromatic heterocycles. The van der Waals surface area contributed by atoms with Crippen molar-refractivity contribution in [3.63, 3.8) is 0 Å². The minimum Gasteiger partial charge on any atom is -0.148 e. The average molecular weight is 387 g/mol. The highest BCUT2D eigenvalue weighted by atomic mass is 32.1. The number of hydrogen-bond acceptors (Lipinski definition) is 1. The first-order chi connectivity index (χ1) is 11.1. The fourth-order valence-electron chi connectivity index (χ4n) is 3.34. The summed E-state index contributed by atoms with van der Waals surface area (Å²) < 4.78 is 0. The zero-order valence-electron chi connectivity index (χ0n) is 17.5. The lowest BCUT2D eigenvalue weighted by Crippen LogP contribution is -2.27. The zero-order valence-corrected chi connectivity index (χ0v) is 20.1. The largest absolute Gasteiger partial charge is 0.148 e. The Labute approximate surface area is 158 Å². The van der Waals surface area contributed by atoms with Gasteiger partial charge < -0.3 is 0 Å². The van der Waals surface area contributed by atoms with Crippen LogP contribution in [-0.4, -0.2) is 24.6 Å². The van der Waals surface area contributed by atoms with Gasteiger partial charge in [0.05, 0.1) is 0 Å². The molecule has 1 heterocycles. The maximum Gasteiger partial charge on any atom is 0.00976 e.